The summed E-state index contributed by atoms with van der Waals surface area (Å²) in [5.41, 5.74) is 9.13. The number of para-hydroxylation sites is 2. The molecule has 2 aromatic heterocycles. The monoisotopic (exact) mass is 664 g/mol. The second-order valence-electron chi connectivity index (χ2n) is 12.9. The van der Waals surface area contributed by atoms with Crippen molar-refractivity contribution in [2.75, 3.05) is 0 Å². The third-order valence-electron chi connectivity index (χ3n) is 10.0. The van der Waals surface area contributed by atoms with E-state index >= 15 is 0 Å². The second kappa shape index (κ2) is 13.0. The van der Waals surface area contributed by atoms with Crippen LogP contribution in [-0.4, -0.2) is 14.5 Å². The molecule has 9 rings (SSSR count). The molecule has 4 heteroatoms. The Kier molecular flexibility index (Phi) is 7.72. The predicted octanol–water partition coefficient (Wildman–Crippen LogP) is 11.2. The molecule has 0 spiro atoms. The van der Waals surface area contributed by atoms with Crippen molar-refractivity contribution in [1.82, 2.24) is 14.5 Å². The molecular formula is C48H32N4. The van der Waals surface area contributed by atoms with Crippen molar-refractivity contribution in [2.24, 2.45) is 0 Å². The normalized spacial score (nSPS) is 11.4. The van der Waals surface area contributed by atoms with E-state index in [-0.39, 0.29) is 0 Å². The summed E-state index contributed by atoms with van der Waals surface area (Å²) in [7, 11) is 0. The summed E-state index contributed by atoms with van der Waals surface area (Å²) in [5.74, 6) is 1.32. The van der Waals surface area contributed by atoms with E-state index in [0.717, 1.165) is 44.3 Å². The SMILES string of the molecule is N#Cc1ccccc1-c1cc(-n2c3ccccc3c3ccccc32)nc(-c2ccc(C(c3ccccc3)(c3ccccc3)c3ccccc3)cc2)n1. The van der Waals surface area contributed by atoms with Crippen molar-refractivity contribution in [3.05, 3.63) is 222 Å². The van der Waals surface area contributed by atoms with Crippen molar-refractivity contribution >= 4 is 21.8 Å². The molecule has 0 aliphatic heterocycles. The minimum absolute atomic E-state index is 0.564. The minimum atomic E-state index is -0.565. The van der Waals surface area contributed by atoms with Gasteiger partial charge < -0.3 is 0 Å². The molecule has 0 amide bonds. The van der Waals surface area contributed by atoms with Crippen molar-refractivity contribution in [2.45, 2.75) is 5.41 Å². The first kappa shape index (κ1) is 30.9. The highest BCUT2D eigenvalue weighted by Crippen LogP contribution is 2.45. The van der Waals surface area contributed by atoms with Gasteiger partial charge in [0.2, 0.25) is 0 Å². The lowest BCUT2D eigenvalue weighted by Gasteiger charge is -2.37. The molecule has 9 aromatic rings. The van der Waals surface area contributed by atoms with Crippen LogP contribution in [0.2, 0.25) is 0 Å². The molecule has 244 valence electrons. The van der Waals surface area contributed by atoms with Gasteiger partial charge in [-0.3, -0.25) is 4.57 Å². The number of benzene rings is 7. The molecule has 0 bridgehead atoms. The first-order chi connectivity index (χ1) is 25.8. The molecule has 0 saturated heterocycles. The number of hydrogen-bond donors (Lipinski definition) is 0. The predicted molar refractivity (Wildman–Crippen MR) is 210 cm³/mol. The number of rotatable bonds is 7. The lowest BCUT2D eigenvalue weighted by atomic mass is 9.65. The number of aromatic nitrogens is 3. The third-order valence-corrected chi connectivity index (χ3v) is 10.0. The molecule has 0 atom stereocenters. The molecule has 0 N–H and O–H groups in total. The van der Waals surface area contributed by atoms with Crippen molar-refractivity contribution in [3.8, 4) is 34.5 Å². The minimum Gasteiger partial charge on any atom is -0.294 e. The van der Waals surface area contributed by atoms with Gasteiger partial charge in [-0.05, 0) is 40.5 Å². The summed E-state index contributed by atoms with van der Waals surface area (Å²) in [6, 6.07) is 69.6. The summed E-state index contributed by atoms with van der Waals surface area (Å²) in [4.78, 5) is 10.4. The van der Waals surface area contributed by atoms with Gasteiger partial charge in [-0.1, -0.05) is 170 Å². The van der Waals surface area contributed by atoms with Crippen LogP contribution in [0.25, 0.3) is 50.3 Å². The Balaban J connectivity index is 1.28. The van der Waals surface area contributed by atoms with Crippen molar-refractivity contribution in [3.63, 3.8) is 0 Å². The van der Waals surface area contributed by atoms with Gasteiger partial charge in [0.1, 0.15) is 5.82 Å². The fourth-order valence-corrected chi connectivity index (χ4v) is 7.72. The topological polar surface area (TPSA) is 54.5 Å². The zero-order valence-corrected chi connectivity index (χ0v) is 28.3. The van der Waals surface area contributed by atoms with Crippen molar-refractivity contribution in [1.29, 1.82) is 5.26 Å². The van der Waals surface area contributed by atoms with Gasteiger partial charge in [-0.25, -0.2) is 9.97 Å². The third kappa shape index (κ3) is 5.07. The molecule has 0 aliphatic carbocycles. The molecule has 2 heterocycles. The lowest BCUT2D eigenvalue weighted by molar-refractivity contribution is 0.745. The van der Waals surface area contributed by atoms with Crippen LogP contribution in [0.15, 0.2) is 194 Å². The van der Waals surface area contributed by atoms with E-state index in [1.165, 1.54) is 16.7 Å². The van der Waals surface area contributed by atoms with E-state index < -0.39 is 5.41 Å². The summed E-state index contributed by atoms with van der Waals surface area (Å²) in [6.07, 6.45) is 0. The van der Waals surface area contributed by atoms with Crippen LogP contribution in [0.4, 0.5) is 0 Å². The zero-order valence-electron chi connectivity index (χ0n) is 28.3. The molecule has 0 aliphatic rings. The van der Waals surface area contributed by atoms with Crippen molar-refractivity contribution < 1.29 is 0 Å². The van der Waals surface area contributed by atoms with Crippen LogP contribution in [0, 0.1) is 11.3 Å². The van der Waals surface area contributed by atoms with E-state index in [9.17, 15) is 5.26 Å². The van der Waals surface area contributed by atoms with Crippen LogP contribution in [0.1, 0.15) is 27.8 Å². The van der Waals surface area contributed by atoms with Crippen LogP contribution in [0.5, 0.6) is 0 Å². The summed E-state index contributed by atoms with van der Waals surface area (Å²) in [5, 5.41) is 12.4. The Hall–Kier alpha value is -7.09. The summed E-state index contributed by atoms with van der Waals surface area (Å²) >= 11 is 0. The molecule has 0 saturated carbocycles. The van der Waals surface area contributed by atoms with Gasteiger partial charge in [-0.2, -0.15) is 5.26 Å². The second-order valence-corrected chi connectivity index (χ2v) is 12.9. The highest BCUT2D eigenvalue weighted by Gasteiger charge is 2.38. The van der Waals surface area contributed by atoms with Crippen LogP contribution in [0.3, 0.4) is 0 Å². The Morgan fingerprint density at radius 2 is 0.923 bits per heavy atom. The fourth-order valence-electron chi connectivity index (χ4n) is 7.72. The fraction of sp³-hybridized carbons (Fsp3) is 0.0208. The standard InChI is InChI=1S/C48H32N4/c49-33-35-16-10-11-23-40(35)43-32-46(52-44-26-14-12-24-41(44)42-25-13-15-27-45(42)52)51-47(50-43)34-28-30-39(31-29-34)48(36-17-4-1-5-18-36,37-19-6-2-7-20-37)38-21-8-3-9-22-38/h1-32H. The highest BCUT2D eigenvalue weighted by atomic mass is 15.1. The molecule has 52 heavy (non-hydrogen) atoms. The molecule has 7 aromatic carbocycles. The zero-order chi connectivity index (χ0) is 34.9. The molecule has 0 radical (unpaired) electrons. The van der Waals surface area contributed by atoms with E-state index in [1.807, 2.05) is 30.3 Å². The molecule has 0 fully saturated rings. The van der Waals surface area contributed by atoms with Gasteiger partial charge in [0, 0.05) is 28.0 Å². The first-order valence-corrected chi connectivity index (χ1v) is 17.4. The maximum absolute atomic E-state index is 10.1. The highest BCUT2D eigenvalue weighted by molar-refractivity contribution is 6.09. The number of fused-ring (bicyclic) bond motifs is 3. The van der Waals surface area contributed by atoms with Crippen LogP contribution < -0.4 is 0 Å². The average molecular weight is 665 g/mol. The Morgan fingerprint density at radius 3 is 1.46 bits per heavy atom. The van der Waals surface area contributed by atoms with Crippen LogP contribution >= 0.6 is 0 Å². The van der Waals surface area contributed by atoms with E-state index in [4.69, 9.17) is 9.97 Å². The Morgan fingerprint density at radius 1 is 0.462 bits per heavy atom. The number of hydrogen-bond acceptors (Lipinski definition) is 3. The maximum atomic E-state index is 10.1. The Labute approximate surface area is 302 Å². The smallest absolute Gasteiger partial charge is 0.162 e. The Bertz CT molecular complexity index is 2580. The molecular weight excluding hydrogens is 633 g/mol. The average Bonchev–Trinajstić information content (AvgIpc) is 3.57. The molecule has 4 nitrogen and oxygen atoms in total. The molecule has 0 unspecified atom stereocenters. The summed E-state index contributed by atoms with van der Waals surface area (Å²) < 4.78 is 2.20. The lowest BCUT2D eigenvalue weighted by Crippen LogP contribution is -2.30. The number of nitriles is 1. The van der Waals surface area contributed by atoms with Gasteiger partial charge in [0.25, 0.3) is 0 Å². The number of nitrogens with zero attached hydrogens (tertiary/aromatic N) is 4. The van der Waals surface area contributed by atoms with E-state index in [0.29, 0.717) is 17.1 Å². The van der Waals surface area contributed by atoms with Gasteiger partial charge in [0.05, 0.1) is 33.8 Å². The van der Waals surface area contributed by atoms with Gasteiger partial charge >= 0.3 is 0 Å². The summed E-state index contributed by atoms with van der Waals surface area (Å²) in [6.45, 7) is 0. The quantitative estimate of drug-likeness (QED) is 0.159. The van der Waals surface area contributed by atoms with Gasteiger partial charge in [-0.15, -0.1) is 0 Å². The first-order valence-electron chi connectivity index (χ1n) is 17.4. The van der Waals surface area contributed by atoms with Gasteiger partial charge in [0.15, 0.2) is 5.82 Å². The van der Waals surface area contributed by atoms with E-state index in [1.54, 1.807) is 0 Å². The largest absolute Gasteiger partial charge is 0.294 e. The van der Waals surface area contributed by atoms with Crippen LogP contribution in [-0.2, 0) is 5.41 Å². The van der Waals surface area contributed by atoms with E-state index in [2.05, 4.69) is 174 Å². The maximum Gasteiger partial charge on any atom is 0.162 e.